The first-order valence-electron chi connectivity index (χ1n) is 6.39. The molecule has 0 saturated heterocycles. The summed E-state index contributed by atoms with van der Waals surface area (Å²) in [6, 6.07) is 7.26. The van der Waals surface area contributed by atoms with E-state index in [1.807, 2.05) is 24.0 Å². The topological polar surface area (TPSA) is 29.9 Å². The number of halogens is 1. The highest BCUT2D eigenvalue weighted by molar-refractivity contribution is 9.10. The molecule has 0 amide bonds. The van der Waals surface area contributed by atoms with Crippen LogP contribution in [-0.4, -0.2) is 15.6 Å². The van der Waals surface area contributed by atoms with E-state index in [1.165, 1.54) is 27.8 Å². The Bertz CT molecular complexity index is 578. The highest BCUT2D eigenvalue weighted by Gasteiger charge is 2.20. The Morgan fingerprint density at radius 1 is 1.47 bits per heavy atom. The number of nitrogens with zero attached hydrogens (tertiary/aromatic N) is 2. The minimum absolute atomic E-state index is 0.744. The lowest BCUT2D eigenvalue weighted by molar-refractivity contribution is 0.685. The molecule has 100 valence electrons. The van der Waals surface area contributed by atoms with Crippen molar-refractivity contribution in [3.63, 3.8) is 0 Å². The van der Waals surface area contributed by atoms with Gasteiger partial charge in [-0.1, -0.05) is 33.8 Å². The minimum Gasteiger partial charge on any atom is -0.329 e. The zero-order valence-electron chi connectivity index (χ0n) is 10.8. The number of hydrogen-bond acceptors (Lipinski definition) is 3. The molecule has 1 heterocycles. The summed E-state index contributed by atoms with van der Waals surface area (Å²) in [7, 11) is 2.01. The van der Waals surface area contributed by atoms with Crippen molar-refractivity contribution in [3.8, 4) is 0 Å². The average Bonchev–Trinajstić information content (AvgIpc) is 3.13. The van der Waals surface area contributed by atoms with Gasteiger partial charge in [-0.05, 0) is 30.5 Å². The lowest BCUT2D eigenvalue weighted by atomic mass is 10.2. The van der Waals surface area contributed by atoms with Gasteiger partial charge < -0.3 is 9.88 Å². The van der Waals surface area contributed by atoms with Gasteiger partial charge in [0.1, 0.15) is 0 Å². The van der Waals surface area contributed by atoms with Gasteiger partial charge in [0.15, 0.2) is 5.16 Å². The molecule has 1 saturated carbocycles. The standard InChI is InChI=1S/C14H16BrN3S/c1-18-7-6-16-14(18)19-12-5-2-10(13(15)8-12)9-17-11-3-4-11/h2,5-8,11,17H,3-4,9H2,1H3. The van der Waals surface area contributed by atoms with Gasteiger partial charge in [0, 0.05) is 41.4 Å². The molecule has 2 aromatic rings. The summed E-state index contributed by atoms with van der Waals surface area (Å²) >= 11 is 5.34. The molecule has 1 aliphatic carbocycles. The molecular formula is C14H16BrN3S. The van der Waals surface area contributed by atoms with Crippen molar-refractivity contribution in [2.45, 2.75) is 35.5 Å². The summed E-state index contributed by atoms with van der Waals surface area (Å²) in [5.74, 6) is 0. The molecule has 1 N–H and O–H groups in total. The number of rotatable bonds is 5. The largest absolute Gasteiger partial charge is 0.329 e. The Hall–Kier alpha value is -0.780. The van der Waals surface area contributed by atoms with Crippen LogP contribution < -0.4 is 5.32 Å². The van der Waals surface area contributed by atoms with E-state index in [2.05, 4.69) is 44.4 Å². The molecule has 0 unspecified atom stereocenters. The number of imidazole rings is 1. The van der Waals surface area contributed by atoms with E-state index in [0.29, 0.717) is 0 Å². The van der Waals surface area contributed by atoms with Gasteiger partial charge in [-0.25, -0.2) is 4.98 Å². The van der Waals surface area contributed by atoms with E-state index < -0.39 is 0 Å². The molecule has 1 aliphatic rings. The molecule has 0 bridgehead atoms. The van der Waals surface area contributed by atoms with E-state index in [9.17, 15) is 0 Å². The predicted octanol–water partition coefficient (Wildman–Crippen LogP) is 3.59. The number of nitrogens with one attached hydrogen (secondary N) is 1. The maximum Gasteiger partial charge on any atom is 0.172 e. The molecule has 0 spiro atoms. The van der Waals surface area contributed by atoms with Crippen LogP contribution in [0.5, 0.6) is 0 Å². The second kappa shape index (κ2) is 5.69. The van der Waals surface area contributed by atoms with Gasteiger partial charge >= 0.3 is 0 Å². The van der Waals surface area contributed by atoms with Crippen molar-refractivity contribution in [2.75, 3.05) is 0 Å². The van der Waals surface area contributed by atoms with Crippen molar-refractivity contribution in [3.05, 3.63) is 40.6 Å². The van der Waals surface area contributed by atoms with E-state index in [4.69, 9.17) is 0 Å². The molecule has 0 atom stereocenters. The fraction of sp³-hybridized carbons (Fsp3) is 0.357. The van der Waals surface area contributed by atoms with Gasteiger partial charge in [0.05, 0.1) is 0 Å². The van der Waals surface area contributed by atoms with Crippen LogP contribution in [0.4, 0.5) is 0 Å². The van der Waals surface area contributed by atoms with Crippen LogP contribution in [0, 0.1) is 0 Å². The number of aryl methyl sites for hydroxylation is 1. The van der Waals surface area contributed by atoms with E-state index in [0.717, 1.165) is 17.7 Å². The molecule has 0 radical (unpaired) electrons. The Kier molecular flexibility index (Phi) is 3.96. The highest BCUT2D eigenvalue weighted by atomic mass is 79.9. The third kappa shape index (κ3) is 3.41. The third-order valence-corrected chi connectivity index (χ3v) is 4.97. The van der Waals surface area contributed by atoms with E-state index in [-0.39, 0.29) is 0 Å². The van der Waals surface area contributed by atoms with Crippen LogP contribution in [0.2, 0.25) is 0 Å². The number of aromatic nitrogens is 2. The first-order valence-corrected chi connectivity index (χ1v) is 8.00. The zero-order valence-corrected chi connectivity index (χ0v) is 13.2. The van der Waals surface area contributed by atoms with Crippen molar-refractivity contribution in [1.82, 2.24) is 14.9 Å². The van der Waals surface area contributed by atoms with Gasteiger partial charge in [0.2, 0.25) is 0 Å². The summed E-state index contributed by atoms with van der Waals surface area (Å²) in [5.41, 5.74) is 1.32. The Morgan fingerprint density at radius 3 is 2.95 bits per heavy atom. The monoisotopic (exact) mass is 337 g/mol. The maximum absolute atomic E-state index is 4.33. The predicted molar refractivity (Wildman–Crippen MR) is 81.3 cm³/mol. The summed E-state index contributed by atoms with van der Waals surface area (Å²) in [5, 5.41) is 4.54. The van der Waals surface area contributed by atoms with Crippen molar-refractivity contribution in [2.24, 2.45) is 7.05 Å². The molecule has 5 heteroatoms. The average molecular weight is 338 g/mol. The number of hydrogen-bond donors (Lipinski definition) is 1. The molecule has 1 fully saturated rings. The highest BCUT2D eigenvalue weighted by Crippen LogP contribution is 2.30. The maximum atomic E-state index is 4.33. The molecule has 3 nitrogen and oxygen atoms in total. The van der Waals surface area contributed by atoms with Crippen LogP contribution in [0.25, 0.3) is 0 Å². The second-order valence-corrected chi connectivity index (χ2v) is 6.73. The first kappa shape index (κ1) is 13.2. The van der Waals surface area contributed by atoms with E-state index >= 15 is 0 Å². The first-order chi connectivity index (χ1) is 9.22. The molecule has 1 aromatic carbocycles. The Balaban J connectivity index is 1.69. The van der Waals surface area contributed by atoms with Gasteiger partial charge in [-0.15, -0.1) is 0 Å². The summed E-state index contributed by atoms with van der Waals surface area (Å²) < 4.78 is 3.20. The fourth-order valence-corrected chi connectivity index (χ4v) is 3.34. The molecule has 19 heavy (non-hydrogen) atoms. The van der Waals surface area contributed by atoms with E-state index in [1.54, 1.807) is 11.8 Å². The SMILES string of the molecule is Cn1ccnc1Sc1ccc(CNC2CC2)c(Br)c1. The quantitative estimate of drug-likeness (QED) is 0.904. The fourth-order valence-electron chi connectivity index (χ4n) is 1.83. The van der Waals surface area contributed by atoms with Gasteiger partial charge in [-0.3, -0.25) is 0 Å². The summed E-state index contributed by atoms with van der Waals surface area (Å²) in [6.07, 6.45) is 6.44. The smallest absolute Gasteiger partial charge is 0.172 e. The van der Waals surface area contributed by atoms with Crippen LogP contribution in [0.1, 0.15) is 18.4 Å². The lowest BCUT2D eigenvalue weighted by Crippen LogP contribution is -2.15. The van der Waals surface area contributed by atoms with Crippen LogP contribution in [0.3, 0.4) is 0 Å². The van der Waals surface area contributed by atoms with Crippen LogP contribution in [0.15, 0.2) is 45.1 Å². The van der Waals surface area contributed by atoms with Crippen molar-refractivity contribution >= 4 is 27.7 Å². The number of benzene rings is 1. The lowest BCUT2D eigenvalue weighted by Gasteiger charge is -2.08. The summed E-state index contributed by atoms with van der Waals surface area (Å²) in [4.78, 5) is 5.53. The normalized spacial score (nSPS) is 14.8. The second-order valence-electron chi connectivity index (χ2n) is 4.83. The third-order valence-electron chi connectivity index (χ3n) is 3.17. The van der Waals surface area contributed by atoms with Crippen LogP contribution in [-0.2, 0) is 13.6 Å². The Labute approximate surface area is 125 Å². The van der Waals surface area contributed by atoms with Gasteiger partial charge in [-0.2, -0.15) is 0 Å². The zero-order chi connectivity index (χ0) is 13.2. The molecule has 3 rings (SSSR count). The summed E-state index contributed by atoms with van der Waals surface area (Å²) in [6.45, 7) is 0.943. The molecular weight excluding hydrogens is 322 g/mol. The van der Waals surface area contributed by atoms with Crippen molar-refractivity contribution in [1.29, 1.82) is 0 Å². The Morgan fingerprint density at radius 2 is 2.32 bits per heavy atom. The van der Waals surface area contributed by atoms with Crippen molar-refractivity contribution < 1.29 is 0 Å². The minimum atomic E-state index is 0.744. The molecule has 1 aromatic heterocycles. The molecule has 0 aliphatic heterocycles. The van der Waals surface area contributed by atoms with Crippen LogP contribution >= 0.6 is 27.7 Å². The van der Waals surface area contributed by atoms with Gasteiger partial charge in [0.25, 0.3) is 0 Å².